The van der Waals surface area contributed by atoms with Gasteiger partial charge in [0.25, 0.3) is 5.91 Å². The standard InChI is InChI=1S/C26H35N5O2/c1-19(2)18-26(21-13-7-4-8-14-21)24(33)31(25(28)30-26)16-10-9-15-29-23(32)22(27)17-20-11-5-3-6-12-20/h3-8,11-14,19,22H,9-10,15-18,27H2,1-2H3,(H2,28,30)(H,29,32). The van der Waals surface area contributed by atoms with Crippen molar-refractivity contribution in [3.8, 4) is 0 Å². The van der Waals surface area contributed by atoms with Crippen LogP contribution < -0.4 is 16.4 Å². The summed E-state index contributed by atoms with van der Waals surface area (Å²) in [7, 11) is 0. The fourth-order valence-corrected chi connectivity index (χ4v) is 4.35. The molecule has 3 rings (SSSR count). The Labute approximate surface area is 196 Å². The molecule has 33 heavy (non-hydrogen) atoms. The summed E-state index contributed by atoms with van der Waals surface area (Å²) in [6.07, 6.45) is 2.49. The Morgan fingerprint density at radius 2 is 1.73 bits per heavy atom. The van der Waals surface area contributed by atoms with Gasteiger partial charge >= 0.3 is 0 Å². The van der Waals surface area contributed by atoms with Crippen LogP contribution in [0.3, 0.4) is 0 Å². The Balaban J connectivity index is 1.49. The summed E-state index contributed by atoms with van der Waals surface area (Å²) in [5.41, 5.74) is 7.04. The molecule has 7 nitrogen and oxygen atoms in total. The average Bonchev–Trinajstić information content (AvgIpc) is 3.04. The first-order valence-electron chi connectivity index (χ1n) is 11.6. The first-order chi connectivity index (χ1) is 15.8. The van der Waals surface area contributed by atoms with Gasteiger partial charge in [-0.25, -0.2) is 0 Å². The van der Waals surface area contributed by atoms with E-state index in [4.69, 9.17) is 11.1 Å². The second-order valence-electron chi connectivity index (χ2n) is 9.09. The summed E-state index contributed by atoms with van der Waals surface area (Å²) in [4.78, 5) is 27.2. The molecular weight excluding hydrogens is 414 g/mol. The zero-order valence-electron chi connectivity index (χ0n) is 19.5. The van der Waals surface area contributed by atoms with Gasteiger partial charge in [-0.05, 0) is 42.7 Å². The van der Waals surface area contributed by atoms with Crippen LogP contribution in [0.2, 0.25) is 0 Å². The van der Waals surface area contributed by atoms with Gasteiger partial charge in [-0.2, -0.15) is 0 Å². The van der Waals surface area contributed by atoms with E-state index in [0.717, 1.165) is 11.1 Å². The summed E-state index contributed by atoms with van der Waals surface area (Å²) in [5.74, 6) is 0.162. The van der Waals surface area contributed by atoms with Crippen molar-refractivity contribution < 1.29 is 9.59 Å². The molecule has 1 fully saturated rings. The van der Waals surface area contributed by atoms with Crippen molar-refractivity contribution in [2.45, 2.75) is 51.1 Å². The lowest BCUT2D eigenvalue weighted by Gasteiger charge is -2.29. The molecule has 1 aliphatic rings. The summed E-state index contributed by atoms with van der Waals surface area (Å²) in [5, 5.41) is 14.5. The van der Waals surface area contributed by atoms with E-state index in [2.05, 4.69) is 24.5 Å². The van der Waals surface area contributed by atoms with E-state index in [1.165, 1.54) is 4.90 Å². The van der Waals surface area contributed by atoms with Gasteiger partial charge in [0.05, 0.1) is 6.04 Å². The van der Waals surface area contributed by atoms with Crippen LogP contribution in [0, 0.1) is 11.3 Å². The molecule has 5 N–H and O–H groups in total. The summed E-state index contributed by atoms with van der Waals surface area (Å²) in [6.45, 7) is 5.08. The third kappa shape index (κ3) is 5.99. The van der Waals surface area contributed by atoms with Crippen LogP contribution in [-0.2, 0) is 21.5 Å². The quantitative estimate of drug-likeness (QED) is 0.395. The number of rotatable bonds is 11. The number of amides is 2. The molecule has 1 heterocycles. The van der Waals surface area contributed by atoms with Crippen LogP contribution in [0.4, 0.5) is 0 Å². The van der Waals surface area contributed by atoms with Crippen LogP contribution in [-0.4, -0.2) is 41.8 Å². The van der Waals surface area contributed by atoms with Crippen molar-refractivity contribution in [1.29, 1.82) is 5.41 Å². The molecule has 0 aliphatic carbocycles. The molecule has 0 saturated carbocycles. The third-order valence-corrected chi connectivity index (χ3v) is 5.94. The van der Waals surface area contributed by atoms with Gasteiger partial charge in [0.15, 0.2) is 5.96 Å². The molecular formula is C26H35N5O2. The van der Waals surface area contributed by atoms with Crippen LogP contribution in [0.5, 0.6) is 0 Å². The highest BCUT2D eigenvalue weighted by molar-refractivity contribution is 6.08. The molecule has 1 saturated heterocycles. The van der Waals surface area contributed by atoms with Crippen molar-refractivity contribution in [2.75, 3.05) is 13.1 Å². The number of nitrogens with two attached hydrogens (primary N) is 1. The van der Waals surface area contributed by atoms with Crippen molar-refractivity contribution in [3.63, 3.8) is 0 Å². The maximum atomic E-state index is 13.4. The summed E-state index contributed by atoms with van der Waals surface area (Å²) in [6, 6.07) is 18.8. The normalized spacial score (nSPS) is 19.0. The molecule has 2 unspecified atom stereocenters. The molecule has 2 aromatic carbocycles. The SMILES string of the molecule is CC(C)CC1(c2ccccc2)NC(=N)N(CCCCNC(=O)C(N)Cc2ccccc2)C1=O. The van der Waals surface area contributed by atoms with E-state index < -0.39 is 11.6 Å². The fraction of sp³-hybridized carbons (Fsp3) is 0.423. The fourth-order valence-electron chi connectivity index (χ4n) is 4.35. The van der Waals surface area contributed by atoms with Gasteiger partial charge in [-0.15, -0.1) is 0 Å². The highest BCUT2D eigenvalue weighted by atomic mass is 16.2. The van der Waals surface area contributed by atoms with Gasteiger partial charge in [0, 0.05) is 13.1 Å². The van der Waals surface area contributed by atoms with E-state index in [-0.39, 0.29) is 23.7 Å². The zero-order valence-corrected chi connectivity index (χ0v) is 19.5. The highest BCUT2D eigenvalue weighted by Gasteiger charge is 2.50. The molecule has 0 bridgehead atoms. The Morgan fingerprint density at radius 1 is 1.09 bits per heavy atom. The average molecular weight is 450 g/mol. The van der Waals surface area contributed by atoms with Gasteiger partial charge in [-0.3, -0.25) is 19.9 Å². The van der Waals surface area contributed by atoms with Gasteiger partial charge in [0.1, 0.15) is 5.54 Å². The molecule has 2 aromatic rings. The minimum atomic E-state index is -0.898. The highest BCUT2D eigenvalue weighted by Crippen LogP contribution is 2.35. The van der Waals surface area contributed by atoms with Gasteiger partial charge < -0.3 is 16.4 Å². The van der Waals surface area contributed by atoms with Crippen LogP contribution >= 0.6 is 0 Å². The van der Waals surface area contributed by atoms with E-state index in [1.54, 1.807) is 0 Å². The minimum Gasteiger partial charge on any atom is -0.355 e. The van der Waals surface area contributed by atoms with E-state index in [9.17, 15) is 9.59 Å². The third-order valence-electron chi connectivity index (χ3n) is 5.94. The number of unbranched alkanes of at least 4 members (excludes halogenated alkanes) is 1. The number of nitrogens with zero attached hydrogens (tertiary/aromatic N) is 1. The van der Waals surface area contributed by atoms with E-state index in [1.807, 2.05) is 60.7 Å². The predicted octanol–water partition coefficient (Wildman–Crippen LogP) is 2.76. The number of benzene rings is 2. The minimum absolute atomic E-state index is 0.0821. The summed E-state index contributed by atoms with van der Waals surface area (Å²) < 4.78 is 0. The lowest BCUT2D eigenvalue weighted by atomic mass is 9.82. The predicted molar refractivity (Wildman–Crippen MR) is 131 cm³/mol. The lowest BCUT2D eigenvalue weighted by molar-refractivity contribution is -0.132. The van der Waals surface area contributed by atoms with Crippen LogP contribution in [0.1, 0.15) is 44.2 Å². The maximum Gasteiger partial charge on any atom is 0.259 e. The van der Waals surface area contributed by atoms with E-state index in [0.29, 0.717) is 38.8 Å². The first kappa shape index (κ1) is 24.5. The first-order valence-corrected chi connectivity index (χ1v) is 11.6. The van der Waals surface area contributed by atoms with E-state index >= 15 is 0 Å². The van der Waals surface area contributed by atoms with Gasteiger partial charge in [-0.1, -0.05) is 74.5 Å². The Bertz CT molecular complexity index is 948. The maximum absolute atomic E-state index is 13.4. The number of carbonyl (C=O) groups excluding carboxylic acids is 2. The smallest absolute Gasteiger partial charge is 0.259 e. The largest absolute Gasteiger partial charge is 0.355 e. The number of hydrogen-bond acceptors (Lipinski definition) is 4. The molecule has 0 radical (unpaired) electrons. The molecule has 2 amide bonds. The monoisotopic (exact) mass is 449 g/mol. The molecule has 0 aromatic heterocycles. The topological polar surface area (TPSA) is 111 Å². The van der Waals surface area contributed by atoms with Crippen molar-refractivity contribution >= 4 is 17.8 Å². The Hall–Kier alpha value is -3.19. The second-order valence-corrected chi connectivity index (χ2v) is 9.09. The van der Waals surface area contributed by atoms with Crippen molar-refractivity contribution in [1.82, 2.24) is 15.5 Å². The van der Waals surface area contributed by atoms with Crippen molar-refractivity contribution in [2.24, 2.45) is 11.7 Å². The number of nitrogens with one attached hydrogen (secondary N) is 3. The Kier molecular flexibility index (Phi) is 8.22. The summed E-state index contributed by atoms with van der Waals surface area (Å²) >= 11 is 0. The van der Waals surface area contributed by atoms with Gasteiger partial charge in [0.2, 0.25) is 5.91 Å². The molecule has 1 aliphatic heterocycles. The number of carbonyl (C=O) groups is 2. The molecule has 176 valence electrons. The lowest BCUT2D eigenvalue weighted by Crippen LogP contribution is -2.45. The number of hydrogen-bond donors (Lipinski definition) is 4. The van der Waals surface area contributed by atoms with Crippen LogP contribution in [0.15, 0.2) is 60.7 Å². The molecule has 0 spiro atoms. The second kappa shape index (κ2) is 11.1. The van der Waals surface area contributed by atoms with Crippen molar-refractivity contribution in [3.05, 3.63) is 71.8 Å². The molecule has 7 heteroatoms. The Morgan fingerprint density at radius 3 is 2.36 bits per heavy atom. The zero-order chi connectivity index (χ0) is 23.8. The number of guanidine groups is 1. The molecule has 2 atom stereocenters. The van der Waals surface area contributed by atoms with Crippen LogP contribution in [0.25, 0.3) is 0 Å².